The molecule has 0 aliphatic heterocycles. The van der Waals surface area contributed by atoms with E-state index in [1.807, 2.05) is 0 Å². The fourth-order valence-corrected chi connectivity index (χ4v) is 0.0609. The number of nitrogens with zero attached hydrogens (tertiary/aromatic N) is 4. The van der Waals surface area contributed by atoms with E-state index in [1.54, 1.807) is 0 Å². The molecule has 0 bridgehead atoms. The molecule has 0 radical (unpaired) electrons. The Morgan fingerprint density at radius 2 is 2.29 bits per heavy atom. The van der Waals surface area contributed by atoms with Crippen molar-refractivity contribution in [3.63, 3.8) is 0 Å². The summed E-state index contributed by atoms with van der Waals surface area (Å²) in [7, 11) is 0. The van der Waals surface area contributed by atoms with Crippen molar-refractivity contribution in [2.75, 3.05) is 0 Å². The van der Waals surface area contributed by atoms with Gasteiger partial charge in [-0.15, -0.1) is 0 Å². The lowest BCUT2D eigenvalue weighted by Gasteiger charge is -1.69. The third kappa shape index (κ3) is 4.67. The van der Waals surface area contributed by atoms with Crippen molar-refractivity contribution >= 4 is 6.72 Å². The van der Waals surface area contributed by atoms with Gasteiger partial charge in [-0.1, -0.05) is 0 Å². The Balaban J connectivity index is 3.46. The highest BCUT2D eigenvalue weighted by molar-refractivity contribution is 5.22. The Hall–Kier alpha value is -1.33. The monoisotopic (exact) mass is 102 g/mol. The molecule has 0 saturated heterocycles. The van der Waals surface area contributed by atoms with Gasteiger partial charge in [0, 0.05) is 6.72 Å². The molecule has 0 aliphatic rings. The molecule has 0 amide bonds. The summed E-state index contributed by atoms with van der Waals surface area (Å²) in [6.45, 7) is 2.82. The van der Waals surface area contributed by atoms with Gasteiger partial charge in [-0.05, 0) is 5.10 Å². The molecule has 0 rings (SSSR count). The van der Waals surface area contributed by atoms with Crippen molar-refractivity contribution in [3.05, 3.63) is 10.1 Å². The van der Waals surface area contributed by atoms with Gasteiger partial charge >= 0.3 is 0 Å². The summed E-state index contributed by atoms with van der Waals surface area (Å²) in [6, 6.07) is 0. The number of hydrogen-bond acceptors (Lipinski definition) is 3. The van der Waals surface area contributed by atoms with Crippen LogP contribution in [-0.4, -0.2) is 11.7 Å². The van der Waals surface area contributed by atoms with Crippen molar-refractivity contribution in [2.45, 2.75) is 0 Å². The lowest BCUT2D eigenvalue weighted by atomic mass is 11.7. The first-order valence-electron chi connectivity index (χ1n) is 1.28. The summed E-state index contributed by atoms with van der Waals surface area (Å²) in [5.41, 5.74) is 0. The SMILES string of the molecule is C=N/N=N/[N+](=O)[O-]. The normalized spacial score (nSPS) is 9.14. The van der Waals surface area contributed by atoms with Crippen LogP contribution in [-0.2, 0) is 0 Å². The number of hydrogen-bond donors (Lipinski definition) is 0. The fourth-order valence-electron chi connectivity index (χ4n) is 0.0609. The number of nitro groups is 1. The lowest BCUT2D eigenvalue weighted by molar-refractivity contribution is -0.494. The molecular formula is CH2N4O2. The van der Waals surface area contributed by atoms with Crippen LogP contribution in [0.4, 0.5) is 0 Å². The van der Waals surface area contributed by atoms with Crippen molar-refractivity contribution in [1.82, 2.24) is 0 Å². The molecule has 6 nitrogen and oxygen atoms in total. The lowest BCUT2D eigenvalue weighted by Crippen LogP contribution is -1.79. The summed E-state index contributed by atoms with van der Waals surface area (Å²) in [5.74, 6) is 0. The molecule has 0 aliphatic carbocycles. The van der Waals surface area contributed by atoms with Crippen molar-refractivity contribution < 1.29 is 5.03 Å². The maximum atomic E-state index is 9.22. The van der Waals surface area contributed by atoms with Crippen molar-refractivity contribution in [3.8, 4) is 0 Å². The van der Waals surface area contributed by atoms with E-state index in [1.165, 1.54) is 0 Å². The highest BCUT2D eigenvalue weighted by atomic mass is 16.7. The zero-order chi connectivity index (χ0) is 5.70. The van der Waals surface area contributed by atoms with E-state index >= 15 is 0 Å². The number of rotatable bonds is 2. The van der Waals surface area contributed by atoms with Gasteiger partial charge < -0.3 is 10.1 Å². The molecule has 0 N–H and O–H groups in total. The molecule has 38 valence electrons. The van der Waals surface area contributed by atoms with E-state index in [0.29, 0.717) is 0 Å². The topological polar surface area (TPSA) is 80.2 Å². The quantitative estimate of drug-likeness (QED) is 0.216. The van der Waals surface area contributed by atoms with Gasteiger partial charge in [0.15, 0.2) is 0 Å². The van der Waals surface area contributed by atoms with Crippen LogP contribution in [0.1, 0.15) is 0 Å². The van der Waals surface area contributed by atoms with Crippen LogP contribution >= 0.6 is 0 Å². The average molecular weight is 102 g/mol. The van der Waals surface area contributed by atoms with Gasteiger partial charge in [-0.2, -0.15) is 0 Å². The van der Waals surface area contributed by atoms with Crippen LogP contribution in [0.15, 0.2) is 15.5 Å². The first-order chi connectivity index (χ1) is 3.27. The van der Waals surface area contributed by atoms with Gasteiger partial charge in [0.2, 0.25) is 10.4 Å². The van der Waals surface area contributed by atoms with E-state index in [-0.39, 0.29) is 0 Å². The first-order valence-corrected chi connectivity index (χ1v) is 1.28. The summed E-state index contributed by atoms with van der Waals surface area (Å²) in [6.07, 6.45) is 0. The molecular weight excluding hydrogens is 100 g/mol. The van der Waals surface area contributed by atoms with Crippen LogP contribution in [0.5, 0.6) is 0 Å². The molecule has 0 atom stereocenters. The van der Waals surface area contributed by atoms with Crippen molar-refractivity contribution in [2.24, 2.45) is 15.5 Å². The first kappa shape index (κ1) is 5.67. The highest BCUT2D eigenvalue weighted by Crippen LogP contribution is 1.72. The Morgan fingerprint density at radius 3 is 2.43 bits per heavy atom. The summed E-state index contributed by atoms with van der Waals surface area (Å²) in [4.78, 5) is 9.22. The van der Waals surface area contributed by atoms with Crippen LogP contribution in [0.25, 0.3) is 0 Å². The minimum absolute atomic E-state index is 0.964. The third-order valence-electron chi connectivity index (χ3n) is 0.176. The fraction of sp³-hybridized carbons (Fsp3) is 0. The zero-order valence-corrected chi connectivity index (χ0v) is 3.31. The third-order valence-corrected chi connectivity index (χ3v) is 0.176. The summed E-state index contributed by atoms with van der Waals surface area (Å²) in [5, 5.41) is 16.0. The van der Waals surface area contributed by atoms with Crippen LogP contribution in [0, 0.1) is 10.1 Å². The second-order valence-corrected chi connectivity index (χ2v) is 0.558. The standard InChI is InChI=1S/CH2N4O2/c1-2-3-4-5(6)7/h1H2/b4-3+. The molecule has 6 heteroatoms. The second-order valence-electron chi connectivity index (χ2n) is 0.558. The minimum Gasteiger partial charge on any atom is -0.337 e. The predicted molar refractivity (Wildman–Crippen MR) is 21.4 cm³/mol. The van der Waals surface area contributed by atoms with Crippen LogP contribution in [0.2, 0.25) is 0 Å². The molecule has 0 fully saturated rings. The zero-order valence-electron chi connectivity index (χ0n) is 3.31. The van der Waals surface area contributed by atoms with Crippen molar-refractivity contribution in [1.29, 1.82) is 0 Å². The predicted octanol–water partition coefficient (Wildman–Crippen LogP) is 0.246. The van der Waals surface area contributed by atoms with Crippen LogP contribution in [0.3, 0.4) is 0 Å². The summed E-state index contributed by atoms with van der Waals surface area (Å²) < 4.78 is 0. The van der Waals surface area contributed by atoms with E-state index in [2.05, 4.69) is 22.3 Å². The van der Waals surface area contributed by atoms with Crippen LogP contribution < -0.4 is 0 Å². The van der Waals surface area contributed by atoms with Gasteiger partial charge in [-0.3, -0.25) is 0 Å². The van der Waals surface area contributed by atoms with E-state index in [0.717, 1.165) is 0 Å². The molecule has 0 unspecified atom stereocenters. The molecule has 7 heavy (non-hydrogen) atoms. The van der Waals surface area contributed by atoms with E-state index in [4.69, 9.17) is 0 Å². The van der Waals surface area contributed by atoms with Gasteiger partial charge in [-0.25, -0.2) is 0 Å². The summed E-state index contributed by atoms with van der Waals surface area (Å²) >= 11 is 0. The molecule has 0 aromatic heterocycles. The minimum atomic E-state index is -0.964. The Bertz CT molecular complexity index is 106. The van der Waals surface area contributed by atoms with E-state index < -0.39 is 5.03 Å². The molecule has 0 heterocycles. The molecule has 0 saturated carbocycles. The maximum Gasteiger partial charge on any atom is 0.210 e. The van der Waals surface area contributed by atoms with Gasteiger partial charge in [0.25, 0.3) is 0 Å². The molecule has 0 aromatic carbocycles. The maximum absolute atomic E-state index is 9.22. The Labute approximate surface area is 38.7 Å². The van der Waals surface area contributed by atoms with Gasteiger partial charge in [0.05, 0.1) is 5.03 Å². The largest absolute Gasteiger partial charge is 0.337 e. The smallest absolute Gasteiger partial charge is 0.210 e. The molecule has 0 aromatic rings. The van der Waals surface area contributed by atoms with Gasteiger partial charge in [0.1, 0.15) is 0 Å². The second kappa shape index (κ2) is 2.88. The molecule has 0 spiro atoms. The Morgan fingerprint density at radius 1 is 1.71 bits per heavy atom. The van der Waals surface area contributed by atoms with E-state index in [9.17, 15) is 10.1 Å². The highest BCUT2D eigenvalue weighted by Gasteiger charge is 1.78. The Kier molecular flexibility index (Phi) is 2.34. The average Bonchev–Trinajstić information content (AvgIpc) is 1.61.